The first-order valence-electron chi connectivity index (χ1n) is 8.93. The predicted octanol–water partition coefficient (Wildman–Crippen LogP) is -3.10. The van der Waals surface area contributed by atoms with E-state index in [0.29, 0.717) is 19.4 Å². The second-order valence-electron chi connectivity index (χ2n) is 6.24. The molecular formula is C16H30N6O6. The Morgan fingerprint density at radius 1 is 0.893 bits per heavy atom. The maximum atomic E-state index is 12.6. The fraction of sp³-hybridized carbons (Fsp3) is 0.688. The molecule has 0 saturated carbocycles. The molecular weight excluding hydrogens is 372 g/mol. The van der Waals surface area contributed by atoms with E-state index in [2.05, 4.69) is 16.0 Å². The first kappa shape index (κ1) is 25.3. The highest BCUT2D eigenvalue weighted by molar-refractivity contribution is 5.93. The number of unbranched alkanes of at least 4 members (excludes halogenated alkanes) is 1. The smallest absolute Gasteiger partial charge is 0.325 e. The SMILES string of the molecule is C[C@H](NC(=O)[C@H](CCC(N)=O)NC(=O)[C@H](CCCCN)NC(=O)CN)C(=O)O. The van der Waals surface area contributed by atoms with Gasteiger partial charge in [0.15, 0.2) is 0 Å². The number of hydrogen-bond donors (Lipinski definition) is 7. The molecule has 0 saturated heterocycles. The van der Waals surface area contributed by atoms with Gasteiger partial charge in [0, 0.05) is 6.42 Å². The Kier molecular flexibility index (Phi) is 12.1. The summed E-state index contributed by atoms with van der Waals surface area (Å²) in [5.41, 5.74) is 15.8. The van der Waals surface area contributed by atoms with Crippen molar-refractivity contribution in [1.29, 1.82) is 0 Å². The van der Waals surface area contributed by atoms with Crippen LogP contribution in [-0.2, 0) is 24.0 Å². The average molecular weight is 402 g/mol. The van der Waals surface area contributed by atoms with E-state index in [0.717, 1.165) is 0 Å². The third-order valence-electron chi connectivity index (χ3n) is 3.83. The van der Waals surface area contributed by atoms with Crippen molar-refractivity contribution in [3.8, 4) is 0 Å². The molecule has 10 N–H and O–H groups in total. The number of carbonyl (C=O) groups is 5. The van der Waals surface area contributed by atoms with Gasteiger partial charge < -0.3 is 38.3 Å². The van der Waals surface area contributed by atoms with E-state index >= 15 is 0 Å². The maximum absolute atomic E-state index is 12.6. The number of carboxylic acids is 1. The monoisotopic (exact) mass is 402 g/mol. The van der Waals surface area contributed by atoms with Gasteiger partial charge in [-0.3, -0.25) is 24.0 Å². The third-order valence-corrected chi connectivity index (χ3v) is 3.83. The Labute approximate surface area is 162 Å². The van der Waals surface area contributed by atoms with Gasteiger partial charge in [0.05, 0.1) is 6.54 Å². The van der Waals surface area contributed by atoms with Crippen LogP contribution in [0.25, 0.3) is 0 Å². The molecule has 28 heavy (non-hydrogen) atoms. The van der Waals surface area contributed by atoms with E-state index in [-0.39, 0.29) is 25.8 Å². The van der Waals surface area contributed by atoms with E-state index in [1.807, 2.05) is 0 Å². The minimum absolute atomic E-state index is 0.125. The van der Waals surface area contributed by atoms with Crippen LogP contribution < -0.4 is 33.2 Å². The highest BCUT2D eigenvalue weighted by Gasteiger charge is 2.28. The fourth-order valence-corrected chi connectivity index (χ4v) is 2.22. The van der Waals surface area contributed by atoms with Crippen LogP contribution in [0.3, 0.4) is 0 Å². The van der Waals surface area contributed by atoms with Gasteiger partial charge in [0.25, 0.3) is 0 Å². The molecule has 0 aromatic heterocycles. The summed E-state index contributed by atoms with van der Waals surface area (Å²) < 4.78 is 0. The summed E-state index contributed by atoms with van der Waals surface area (Å²) in [6, 6.07) is -3.35. The summed E-state index contributed by atoms with van der Waals surface area (Å²) in [5, 5.41) is 16.0. The quantitative estimate of drug-likeness (QED) is 0.147. The van der Waals surface area contributed by atoms with Gasteiger partial charge in [0.2, 0.25) is 23.6 Å². The van der Waals surface area contributed by atoms with Crippen molar-refractivity contribution in [3.63, 3.8) is 0 Å². The van der Waals surface area contributed by atoms with Gasteiger partial charge in [-0.15, -0.1) is 0 Å². The standard InChI is InChI=1S/C16H30N6O6/c1-9(16(27)28)20-14(25)11(5-6-12(19)23)22-15(26)10(4-2-3-7-17)21-13(24)8-18/h9-11H,2-8,17-18H2,1H3,(H2,19,23)(H,20,25)(H,21,24)(H,22,26)(H,27,28)/t9-,10-,11-/m0/s1. The molecule has 0 fully saturated rings. The minimum atomic E-state index is -1.26. The summed E-state index contributed by atoms with van der Waals surface area (Å²) >= 11 is 0. The van der Waals surface area contributed by atoms with Crippen molar-refractivity contribution in [3.05, 3.63) is 0 Å². The van der Waals surface area contributed by atoms with Crippen molar-refractivity contribution in [2.45, 2.75) is 57.2 Å². The van der Waals surface area contributed by atoms with E-state index in [1.54, 1.807) is 0 Å². The number of primary amides is 1. The predicted molar refractivity (Wildman–Crippen MR) is 99.5 cm³/mol. The largest absolute Gasteiger partial charge is 0.480 e. The van der Waals surface area contributed by atoms with Crippen LogP contribution in [0.15, 0.2) is 0 Å². The topological polar surface area (TPSA) is 220 Å². The highest BCUT2D eigenvalue weighted by atomic mass is 16.4. The van der Waals surface area contributed by atoms with Crippen molar-refractivity contribution in [1.82, 2.24) is 16.0 Å². The van der Waals surface area contributed by atoms with Gasteiger partial charge in [-0.1, -0.05) is 0 Å². The minimum Gasteiger partial charge on any atom is -0.480 e. The number of aliphatic carboxylic acids is 1. The summed E-state index contributed by atoms with van der Waals surface area (Å²) in [7, 11) is 0. The Hall–Kier alpha value is -2.73. The molecule has 0 aromatic rings. The molecule has 0 aliphatic heterocycles. The lowest BCUT2D eigenvalue weighted by Crippen LogP contribution is -2.56. The maximum Gasteiger partial charge on any atom is 0.325 e. The Morgan fingerprint density at radius 2 is 1.46 bits per heavy atom. The Bertz CT molecular complexity index is 570. The van der Waals surface area contributed by atoms with Gasteiger partial charge in [-0.05, 0) is 39.2 Å². The molecule has 0 aliphatic rings. The number of amides is 4. The lowest BCUT2D eigenvalue weighted by Gasteiger charge is -2.23. The Balaban J connectivity index is 5.19. The van der Waals surface area contributed by atoms with E-state index in [9.17, 15) is 24.0 Å². The molecule has 0 aromatic carbocycles. The molecule has 0 heterocycles. The highest BCUT2D eigenvalue weighted by Crippen LogP contribution is 2.04. The molecule has 0 spiro atoms. The summed E-state index contributed by atoms with van der Waals surface area (Å²) in [5.74, 6) is -3.94. The van der Waals surface area contributed by atoms with Crippen LogP contribution in [-0.4, -0.2) is 65.9 Å². The molecule has 0 bridgehead atoms. The molecule has 0 aliphatic carbocycles. The van der Waals surface area contributed by atoms with Crippen molar-refractivity contribution < 1.29 is 29.1 Å². The molecule has 4 amide bonds. The number of nitrogens with one attached hydrogen (secondary N) is 3. The van der Waals surface area contributed by atoms with E-state index in [1.165, 1.54) is 6.92 Å². The van der Waals surface area contributed by atoms with Crippen LogP contribution in [0.2, 0.25) is 0 Å². The fourth-order valence-electron chi connectivity index (χ4n) is 2.22. The number of rotatable bonds is 14. The zero-order valence-corrected chi connectivity index (χ0v) is 15.9. The molecule has 0 rings (SSSR count). The summed E-state index contributed by atoms with van der Waals surface area (Å²) in [4.78, 5) is 58.4. The van der Waals surface area contributed by atoms with Crippen LogP contribution in [0.5, 0.6) is 0 Å². The first-order valence-corrected chi connectivity index (χ1v) is 8.93. The molecule has 160 valence electrons. The van der Waals surface area contributed by atoms with Crippen molar-refractivity contribution >= 4 is 29.6 Å². The van der Waals surface area contributed by atoms with Crippen LogP contribution >= 0.6 is 0 Å². The first-order chi connectivity index (χ1) is 13.1. The molecule has 3 atom stereocenters. The van der Waals surface area contributed by atoms with E-state index < -0.39 is 47.7 Å². The zero-order valence-electron chi connectivity index (χ0n) is 15.9. The molecule has 0 unspecified atom stereocenters. The molecule has 12 heteroatoms. The Morgan fingerprint density at radius 3 is 1.96 bits per heavy atom. The average Bonchev–Trinajstić information content (AvgIpc) is 2.63. The van der Waals surface area contributed by atoms with Crippen LogP contribution in [0, 0.1) is 0 Å². The van der Waals surface area contributed by atoms with Gasteiger partial charge >= 0.3 is 5.97 Å². The number of nitrogens with two attached hydrogens (primary N) is 3. The van der Waals surface area contributed by atoms with Gasteiger partial charge in [-0.25, -0.2) is 0 Å². The summed E-state index contributed by atoms with van der Waals surface area (Å²) in [6.07, 6.45) is 1.12. The lowest BCUT2D eigenvalue weighted by atomic mass is 10.1. The van der Waals surface area contributed by atoms with Crippen molar-refractivity contribution in [2.24, 2.45) is 17.2 Å². The van der Waals surface area contributed by atoms with Crippen molar-refractivity contribution in [2.75, 3.05) is 13.1 Å². The number of hydrogen-bond acceptors (Lipinski definition) is 7. The van der Waals surface area contributed by atoms with Gasteiger partial charge in [-0.2, -0.15) is 0 Å². The third kappa shape index (κ3) is 10.4. The second kappa shape index (κ2) is 13.4. The number of carbonyl (C=O) groups excluding carboxylic acids is 4. The number of carboxylic acid groups (broad SMARTS) is 1. The lowest BCUT2D eigenvalue weighted by molar-refractivity contribution is -0.142. The van der Waals surface area contributed by atoms with Crippen LogP contribution in [0.1, 0.15) is 39.0 Å². The van der Waals surface area contributed by atoms with Gasteiger partial charge in [0.1, 0.15) is 18.1 Å². The summed E-state index contributed by atoms with van der Waals surface area (Å²) in [6.45, 7) is 1.35. The molecule has 12 nitrogen and oxygen atoms in total. The zero-order chi connectivity index (χ0) is 21.7. The van der Waals surface area contributed by atoms with E-state index in [4.69, 9.17) is 22.3 Å². The molecule has 0 radical (unpaired) electrons. The van der Waals surface area contributed by atoms with Crippen LogP contribution in [0.4, 0.5) is 0 Å². The second-order valence-corrected chi connectivity index (χ2v) is 6.24. The normalized spacial score (nSPS) is 13.7.